The Morgan fingerprint density at radius 3 is 2.51 bits per heavy atom. The van der Waals surface area contributed by atoms with Crippen LogP contribution in [0.25, 0.3) is 11.1 Å². The van der Waals surface area contributed by atoms with Gasteiger partial charge in [0, 0.05) is 29.2 Å². The highest BCUT2D eigenvalue weighted by Gasteiger charge is 2.40. The summed E-state index contributed by atoms with van der Waals surface area (Å²) in [5, 5.41) is 12.2. The average molecular weight is 612 g/mol. The van der Waals surface area contributed by atoms with Crippen molar-refractivity contribution >= 4 is 42.3 Å². The van der Waals surface area contributed by atoms with Gasteiger partial charge in [-0.3, -0.25) is 20.1 Å². The molecular formula is C29H34ClN5O4SSi. The fourth-order valence-electron chi connectivity index (χ4n) is 3.75. The Bertz CT molecular complexity index is 1510. The number of carbonyl (C=O) groups excluding carboxylic acids is 1. The standard InChI is InChI=1S/C29H34ClN5O4SSi/c1-18-14-21(20-10-8-9-11-24(20)37-5)22(16-31-18)26(36)33-27-34-35-28(40-27)38-17-25(23-13-12-19(30)15-32-23)39-41(6,7)29(2,3)4/h8-16,25H,17H2,1-7H3,(H,33,34,36). The van der Waals surface area contributed by atoms with Crippen LogP contribution in [-0.2, 0) is 4.43 Å². The zero-order valence-electron chi connectivity index (χ0n) is 24.2. The van der Waals surface area contributed by atoms with E-state index in [-0.39, 0.29) is 17.6 Å². The van der Waals surface area contributed by atoms with Crippen LogP contribution in [0, 0.1) is 6.92 Å². The van der Waals surface area contributed by atoms with E-state index >= 15 is 0 Å². The molecule has 4 rings (SSSR count). The SMILES string of the molecule is COc1ccccc1-c1cc(C)ncc1C(=O)Nc1nnc(OCC(O[Si](C)(C)C(C)(C)C)c2ccc(Cl)cn2)s1. The van der Waals surface area contributed by atoms with Gasteiger partial charge in [0.25, 0.3) is 11.1 Å². The third-order valence-corrected chi connectivity index (χ3v) is 12.5. The van der Waals surface area contributed by atoms with Crippen LogP contribution in [0.5, 0.6) is 10.9 Å². The lowest BCUT2D eigenvalue weighted by Crippen LogP contribution is -2.43. The molecule has 1 unspecified atom stereocenters. The van der Waals surface area contributed by atoms with Gasteiger partial charge in [-0.05, 0) is 60.7 Å². The molecule has 9 nitrogen and oxygen atoms in total. The summed E-state index contributed by atoms with van der Waals surface area (Å²) in [6, 6.07) is 13.0. The molecule has 3 heterocycles. The van der Waals surface area contributed by atoms with Gasteiger partial charge in [-0.25, -0.2) is 0 Å². The number of hydrogen-bond acceptors (Lipinski definition) is 9. The summed E-state index contributed by atoms with van der Waals surface area (Å²) in [6.07, 6.45) is 2.71. The smallest absolute Gasteiger partial charge is 0.295 e. The first-order valence-corrected chi connectivity index (χ1v) is 17.1. The topological polar surface area (TPSA) is 108 Å². The van der Waals surface area contributed by atoms with Gasteiger partial charge in [0.2, 0.25) is 5.13 Å². The maximum absolute atomic E-state index is 13.3. The molecule has 216 valence electrons. The second-order valence-corrected chi connectivity index (χ2v) is 17.1. The second kappa shape index (κ2) is 12.6. The minimum atomic E-state index is -2.16. The van der Waals surface area contributed by atoms with E-state index in [9.17, 15) is 4.79 Å². The summed E-state index contributed by atoms with van der Waals surface area (Å²) in [4.78, 5) is 22.1. The predicted octanol–water partition coefficient (Wildman–Crippen LogP) is 7.36. The number of aryl methyl sites for hydroxylation is 1. The molecule has 0 saturated heterocycles. The van der Waals surface area contributed by atoms with Gasteiger partial charge in [0.1, 0.15) is 18.5 Å². The van der Waals surface area contributed by atoms with Crippen molar-refractivity contribution in [2.75, 3.05) is 19.0 Å². The molecule has 0 aliphatic heterocycles. The summed E-state index contributed by atoms with van der Waals surface area (Å²) in [5.74, 6) is 0.286. The van der Waals surface area contributed by atoms with E-state index in [4.69, 9.17) is 25.5 Å². The molecule has 1 amide bonds. The number of carbonyl (C=O) groups is 1. The zero-order valence-corrected chi connectivity index (χ0v) is 26.8. The molecule has 1 N–H and O–H groups in total. The van der Waals surface area contributed by atoms with E-state index in [2.05, 4.69) is 59.3 Å². The monoisotopic (exact) mass is 611 g/mol. The molecule has 12 heteroatoms. The predicted molar refractivity (Wildman–Crippen MR) is 165 cm³/mol. The molecule has 0 bridgehead atoms. The van der Waals surface area contributed by atoms with Crippen molar-refractivity contribution in [3.63, 3.8) is 0 Å². The number of amides is 1. The largest absolute Gasteiger partial charge is 0.496 e. The van der Waals surface area contributed by atoms with Crippen LogP contribution in [0.15, 0.2) is 54.9 Å². The van der Waals surface area contributed by atoms with Crippen molar-refractivity contribution in [1.29, 1.82) is 0 Å². The highest BCUT2D eigenvalue weighted by molar-refractivity contribution is 7.17. The number of pyridine rings is 2. The molecule has 1 aromatic carbocycles. The number of ether oxygens (including phenoxy) is 2. The van der Waals surface area contributed by atoms with E-state index in [1.807, 2.05) is 43.3 Å². The van der Waals surface area contributed by atoms with Gasteiger partial charge in [-0.15, -0.1) is 5.10 Å². The number of hydrogen-bond donors (Lipinski definition) is 1. The number of para-hydroxylation sites is 1. The first-order valence-electron chi connectivity index (χ1n) is 13.0. The molecule has 3 aromatic heterocycles. The summed E-state index contributed by atoms with van der Waals surface area (Å²) in [6.45, 7) is 12.9. The number of rotatable bonds is 10. The van der Waals surface area contributed by atoms with Gasteiger partial charge in [0.15, 0.2) is 8.32 Å². The van der Waals surface area contributed by atoms with Gasteiger partial charge < -0.3 is 13.9 Å². The van der Waals surface area contributed by atoms with Crippen molar-refractivity contribution < 1.29 is 18.7 Å². The van der Waals surface area contributed by atoms with Crippen LogP contribution in [0.1, 0.15) is 48.6 Å². The third kappa shape index (κ3) is 7.47. The summed E-state index contributed by atoms with van der Waals surface area (Å²) >= 11 is 7.19. The Morgan fingerprint density at radius 2 is 1.83 bits per heavy atom. The first kappa shape index (κ1) is 30.6. The quantitative estimate of drug-likeness (QED) is 0.185. The lowest BCUT2D eigenvalue weighted by atomic mass is 9.99. The minimum Gasteiger partial charge on any atom is -0.496 e. The lowest BCUT2D eigenvalue weighted by Gasteiger charge is -2.38. The first-order chi connectivity index (χ1) is 19.4. The summed E-state index contributed by atoms with van der Waals surface area (Å²) in [7, 11) is -0.561. The fraction of sp³-hybridized carbons (Fsp3) is 0.345. The van der Waals surface area contributed by atoms with Crippen LogP contribution in [0.4, 0.5) is 5.13 Å². The number of benzene rings is 1. The van der Waals surface area contributed by atoms with Crippen LogP contribution in [-0.4, -0.2) is 48.1 Å². The Hall–Kier alpha value is -3.38. The van der Waals surface area contributed by atoms with Crippen molar-refractivity contribution in [2.24, 2.45) is 0 Å². The Kier molecular flexibility index (Phi) is 9.43. The number of halogens is 1. The van der Waals surface area contributed by atoms with E-state index in [1.165, 1.54) is 0 Å². The Morgan fingerprint density at radius 1 is 1.07 bits per heavy atom. The van der Waals surface area contributed by atoms with Crippen molar-refractivity contribution in [3.8, 4) is 22.1 Å². The maximum atomic E-state index is 13.3. The van der Waals surface area contributed by atoms with Crippen LogP contribution in [0.3, 0.4) is 0 Å². The van der Waals surface area contributed by atoms with Gasteiger partial charge in [0.05, 0.1) is 23.4 Å². The third-order valence-electron chi connectivity index (χ3n) is 6.99. The number of nitrogens with one attached hydrogen (secondary N) is 1. The van der Waals surface area contributed by atoms with Crippen molar-refractivity contribution in [1.82, 2.24) is 20.2 Å². The normalized spacial score (nSPS) is 12.6. The number of anilines is 1. The van der Waals surface area contributed by atoms with Gasteiger partial charge >= 0.3 is 0 Å². The fourth-order valence-corrected chi connectivity index (χ4v) is 5.72. The Labute approximate surface area is 250 Å². The van der Waals surface area contributed by atoms with Crippen molar-refractivity contribution in [2.45, 2.75) is 51.9 Å². The number of methoxy groups -OCH3 is 1. The molecule has 0 saturated carbocycles. The molecule has 1 atom stereocenters. The average Bonchev–Trinajstić information content (AvgIpc) is 3.37. The maximum Gasteiger partial charge on any atom is 0.295 e. The zero-order chi connectivity index (χ0) is 29.8. The molecule has 41 heavy (non-hydrogen) atoms. The second-order valence-electron chi connectivity index (χ2n) is 11.0. The highest BCUT2D eigenvalue weighted by atomic mass is 35.5. The molecule has 0 spiro atoms. The van der Waals surface area contributed by atoms with E-state index in [0.717, 1.165) is 22.6 Å². The Balaban J connectivity index is 1.50. The van der Waals surface area contributed by atoms with Gasteiger partial charge in [-0.2, -0.15) is 0 Å². The molecule has 4 aromatic rings. The molecule has 0 fully saturated rings. The molecule has 0 radical (unpaired) electrons. The molecule has 0 aliphatic rings. The highest BCUT2D eigenvalue weighted by Crippen LogP contribution is 2.40. The van der Waals surface area contributed by atoms with Gasteiger partial charge in [-0.1, -0.05) is 55.7 Å². The van der Waals surface area contributed by atoms with E-state index in [0.29, 0.717) is 37.9 Å². The number of aromatic nitrogens is 4. The lowest BCUT2D eigenvalue weighted by molar-refractivity contribution is 0.102. The van der Waals surface area contributed by atoms with Crippen LogP contribution < -0.4 is 14.8 Å². The number of nitrogens with zero attached hydrogens (tertiary/aromatic N) is 4. The van der Waals surface area contributed by atoms with E-state index < -0.39 is 14.4 Å². The molecular weight excluding hydrogens is 578 g/mol. The molecule has 0 aliphatic carbocycles. The van der Waals surface area contributed by atoms with Crippen molar-refractivity contribution in [3.05, 3.63) is 76.8 Å². The van der Waals surface area contributed by atoms with E-state index in [1.54, 1.807) is 25.6 Å². The van der Waals surface area contributed by atoms with Crippen LogP contribution in [0.2, 0.25) is 23.2 Å². The summed E-state index contributed by atoms with van der Waals surface area (Å²) in [5.41, 5.74) is 3.37. The van der Waals surface area contributed by atoms with Crippen LogP contribution >= 0.6 is 22.9 Å². The summed E-state index contributed by atoms with van der Waals surface area (Å²) < 4.78 is 18.2. The minimum absolute atomic E-state index is 0.00861.